The summed E-state index contributed by atoms with van der Waals surface area (Å²) in [6.45, 7) is 2.15. The van der Waals surface area contributed by atoms with E-state index in [2.05, 4.69) is 5.32 Å². The zero-order valence-corrected chi connectivity index (χ0v) is 11.6. The molecular formula is C12H13Cl2N3O2. The van der Waals surface area contributed by atoms with Crippen LogP contribution in [0.1, 0.15) is 0 Å². The van der Waals surface area contributed by atoms with Crippen LogP contribution in [0.3, 0.4) is 0 Å². The van der Waals surface area contributed by atoms with Crippen LogP contribution in [0.25, 0.3) is 0 Å². The first kappa shape index (κ1) is 14.0. The maximum absolute atomic E-state index is 12.0. The van der Waals surface area contributed by atoms with Crippen LogP contribution in [0.4, 0.5) is 10.5 Å². The minimum atomic E-state index is -0.205. The van der Waals surface area contributed by atoms with Gasteiger partial charge in [0, 0.05) is 31.9 Å². The van der Waals surface area contributed by atoms with E-state index in [0.717, 1.165) is 6.41 Å². The summed E-state index contributed by atoms with van der Waals surface area (Å²) in [6.07, 6.45) is 0.800. The van der Waals surface area contributed by atoms with E-state index < -0.39 is 0 Å². The highest BCUT2D eigenvalue weighted by atomic mass is 35.5. The third-order valence-electron chi connectivity index (χ3n) is 2.92. The Balaban J connectivity index is 1.94. The molecule has 1 aliphatic heterocycles. The van der Waals surface area contributed by atoms with Gasteiger partial charge in [-0.05, 0) is 18.2 Å². The van der Waals surface area contributed by atoms with Crippen molar-refractivity contribution in [3.63, 3.8) is 0 Å². The number of rotatable bonds is 2. The van der Waals surface area contributed by atoms with Crippen molar-refractivity contribution in [2.75, 3.05) is 31.5 Å². The van der Waals surface area contributed by atoms with Crippen LogP contribution in [-0.4, -0.2) is 48.4 Å². The van der Waals surface area contributed by atoms with Crippen molar-refractivity contribution in [3.8, 4) is 0 Å². The number of urea groups is 1. The molecule has 0 radical (unpaired) electrons. The molecule has 0 saturated carbocycles. The average Bonchev–Trinajstić information content (AvgIpc) is 2.43. The molecule has 1 heterocycles. The zero-order chi connectivity index (χ0) is 13.8. The number of amides is 3. The van der Waals surface area contributed by atoms with Gasteiger partial charge in [-0.2, -0.15) is 0 Å². The van der Waals surface area contributed by atoms with Crippen LogP contribution in [0, 0.1) is 0 Å². The Labute approximate surface area is 121 Å². The molecule has 0 atom stereocenters. The third kappa shape index (κ3) is 3.52. The summed E-state index contributed by atoms with van der Waals surface area (Å²) in [4.78, 5) is 25.9. The van der Waals surface area contributed by atoms with E-state index in [4.69, 9.17) is 23.2 Å². The quantitative estimate of drug-likeness (QED) is 0.852. The molecule has 2 rings (SSSR count). The Kier molecular flexibility index (Phi) is 4.50. The van der Waals surface area contributed by atoms with E-state index in [9.17, 15) is 9.59 Å². The van der Waals surface area contributed by atoms with Crippen LogP contribution in [0.5, 0.6) is 0 Å². The highest BCUT2D eigenvalue weighted by molar-refractivity contribution is 6.42. The minimum absolute atomic E-state index is 0.205. The van der Waals surface area contributed by atoms with E-state index in [1.807, 2.05) is 0 Å². The third-order valence-corrected chi connectivity index (χ3v) is 3.66. The molecule has 1 aromatic rings. The van der Waals surface area contributed by atoms with E-state index in [0.29, 0.717) is 41.9 Å². The fraction of sp³-hybridized carbons (Fsp3) is 0.333. The Morgan fingerprint density at radius 1 is 1.16 bits per heavy atom. The molecule has 1 aromatic carbocycles. The molecule has 1 fully saturated rings. The van der Waals surface area contributed by atoms with Crippen LogP contribution in [-0.2, 0) is 4.79 Å². The Bertz CT molecular complexity index is 488. The number of carbonyl (C=O) groups is 2. The molecule has 0 spiro atoms. The number of hydrogen-bond acceptors (Lipinski definition) is 2. The summed E-state index contributed by atoms with van der Waals surface area (Å²) >= 11 is 11.7. The second-order valence-electron chi connectivity index (χ2n) is 4.19. The molecule has 1 aliphatic rings. The first-order valence-electron chi connectivity index (χ1n) is 5.80. The second-order valence-corrected chi connectivity index (χ2v) is 5.00. The normalized spacial score (nSPS) is 15.3. The van der Waals surface area contributed by atoms with Crippen LogP contribution in [0.2, 0.25) is 10.0 Å². The SMILES string of the molecule is O=CN1CCN(C(=O)Nc2ccc(Cl)c(Cl)c2)CC1. The lowest BCUT2D eigenvalue weighted by molar-refractivity contribution is -0.119. The number of nitrogens with one attached hydrogen (secondary N) is 1. The van der Waals surface area contributed by atoms with Crippen LogP contribution in [0.15, 0.2) is 18.2 Å². The summed E-state index contributed by atoms with van der Waals surface area (Å²) in [5, 5.41) is 3.59. The van der Waals surface area contributed by atoms with Crippen molar-refractivity contribution < 1.29 is 9.59 Å². The van der Waals surface area contributed by atoms with E-state index in [1.165, 1.54) is 0 Å². The van der Waals surface area contributed by atoms with Gasteiger partial charge in [0.1, 0.15) is 0 Å². The fourth-order valence-electron chi connectivity index (χ4n) is 1.81. The number of carbonyl (C=O) groups excluding carboxylic acids is 2. The monoisotopic (exact) mass is 301 g/mol. The predicted octanol–water partition coefficient (Wildman–Crippen LogP) is 2.30. The van der Waals surface area contributed by atoms with Gasteiger partial charge in [-0.15, -0.1) is 0 Å². The molecule has 7 heteroatoms. The zero-order valence-electron chi connectivity index (χ0n) is 10.1. The van der Waals surface area contributed by atoms with Crippen molar-refractivity contribution in [2.45, 2.75) is 0 Å². The summed E-state index contributed by atoms with van der Waals surface area (Å²) in [7, 11) is 0. The Hall–Kier alpha value is -1.46. The number of piperazine rings is 1. The van der Waals surface area contributed by atoms with Crippen molar-refractivity contribution in [1.29, 1.82) is 0 Å². The number of nitrogens with zero attached hydrogens (tertiary/aromatic N) is 2. The molecule has 0 aliphatic carbocycles. The minimum Gasteiger partial charge on any atom is -0.342 e. The van der Waals surface area contributed by atoms with Crippen LogP contribution >= 0.6 is 23.2 Å². The summed E-state index contributed by atoms with van der Waals surface area (Å²) < 4.78 is 0. The molecule has 1 saturated heterocycles. The van der Waals surface area contributed by atoms with Gasteiger partial charge in [0.05, 0.1) is 10.0 Å². The molecular weight excluding hydrogens is 289 g/mol. The van der Waals surface area contributed by atoms with Gasteiger partial charge >= 0.3 is 6.03 Å². The Morgan fingerprint density at radius 2 is 1.84 bits per heavy atom. The lowest BCUT2D eigenvalue weighted by Gasteiger charge is -2.32. The lowest BCUT2D eigenvalue weighted by atomic mass is 10.3. The molecule has 3 amide bonds. The first-order valence-corrected chi connectivity index (χ1v) is 6.56. The number of halogens is 2. The molecule has 102 valence electrons. The van der Waals surface area contributed by atoms with Crippen molar-refractivity contribution in [2.24, 2.45) is 0 Å². The standard InChI is InChI=1S/C12H13Cl2N3O2/c13-10-2-1-9(7-11(10)14)15-12(19)17-5-3-16(8-18)4-6-17/h1-2,7-8H,3-6H2,(H,15,19). The molecule has 5 nitrogen and oxygen atoms in total. The Morgan fingerprint density at radius 3 is 2.42 bits per heavy atom. The number of benzene rings is 1. The van der Waals surface area contributed by atoms with Gasteiger partial charge in [0.25, 0.3) is 0 Å². The smallest absolute Gasteiger partial charge is 0.321 e. The van der Waals surface area contributed by atoms with Gasteiger partial charge in [-0.25, -0.2) is 4.79 Å². The van der Waals surface area contributed by atoms with Crippen molar-refractivity contribution >= 4 is 41.3 Å². The van der Waals surface area contributed by atoms with E-state index in [-0.39, 0.29) is 6.03 Å². The summed E-state index contributed by atoms with van der Waals surface area (Å²) in [5.74, 6) is 0. The van der Waals surface area contributed by atoms with Crippen molar-refractivity contribution in [1.82, 2.24) is 9.80 Å². The highest BCUT2D eigenvalue weighted by Gasteiger charge is 2.20. The largest absolute Gasteiger partial charge is 0.342 e. The predicted molar refractivity (Wildman–Crippen MR) is 74.7 cm³/mol. The van der Waals surface area contributed by atoms with Gasteiger partial charge in [0.15, 0.2) is 0 Å². The van der Waals surface area contributed by atoms with Gasteiger partial charge in [-0.3, -0.25) is 4.79 Å². The first-order chi connectivity index (χ1) is 9.10. The fourth-order valence-corrected chi connectivity index (χ4v) is 2.10. The number of hydrogen-bond donors (Lipinski definition) is 1. The summed E-state index contributed by atoms with van der Waals surface area (Å²) in [6, 6.07) is 4.71. The lowest BCUT2D eigenvalue weighted by Crippen LogP contribution is -2.49. The maximum Gasteiger partial charge on any atom is 0.321 e. The van der Waals surface area contributed by atoms with Gasteiger partial charge in [-0.1, -0.05) is 23.2 Å². The van der Waals surface area contributed by atoms with Gasteiger partial charge in [0.2, 0.25) is 6.41 Å². The molecule has 0 bridgehead atoms. The van der Waals surface area contributed by atoms with Crippen molar-refractivity contribution in [3.05, 3.63) is 28.2 Å². The molecule has 19 heavy (non-hydrogen) atoms. The topological polar surface area (TPSA) is 52.7 Å². The molecule has 0 aromatic heterocycles. The average molecular weight is 302 g/mol. The van der Waals surface area contributed by atoms with Gasteiger partial charge < -0.3 is 15.1 Å². The summed E-state index contributed by atoms with van der Waals surface area (Å²) in [5.41, 5.74) is 0.595. The second kappa shape index (κ2) is 6.12. The highest BCUT2D eigenvalue weighted by Crippen LogP contribution is 2.25. The van der Waals surface area contributed by atoms with E-state index >= 15 is 0 Å². The molecule has 1 N–H and O–H groups in total. The van der Waals surface area contributed by atoms with E-state index in [1.54, 1.807) is 28.0 Å². The number of anilines is 1. The van der Waals surface area contributed by atoms with Crippen LogP contribution < -0.4 is 5.32 Å². The maximum atomic E-state index is 12.0. The molecule has 0 unspecified atom stereocenters.